The van der Waals surface area contributed by atoms with Crippen LogP contribution in [0.15, 0.2) is 46.0 Å². The predicted molar refractivity (Wildman–Crippen MR) is 108 cm³/mol. The molecule has 28 heavy (non-hydrogen) atoms. The van der Waals surface area contributed by atoms with Crippen LogP contribution in [0.25, 0.3) is 11.5 Å². The number of amides is 1. The monoisotopic (exact) mass is 419 g/mol. The summed E-state index contributed by atoms with van der Waals surface area (Å²) in [5, 5.41) is 8.62. The lowest BCUT2D eigenvalue weighted by Crippen LogP contribution is -2.28. The average Bonchev–Trinajstić information content (AvgIpc) is 3.14. The van der Waals surface area contributed by atoms with E-state index in [1.54, 1.807) is 13.1 Å². The highest BCUT2D eigenvalue weighted by Crippen LogP contribution is 2.25. The molecule has 0 aliphatic rings. The number of benzene rings is 2. The van der Waals surface area contributed by atoms with Crippen molar-refractivity contribution in [2.24, 2.45) is 0 Å². The summed E-state index contributed by atoms with van der Waals surface area (Å²) in [6.45, 7) is 4.13. The van der Waals surface area contributed by atoms with Gasteiger partial charge in [0.25, 0.3) is 5.22 Å². The fourth-order valence-electron chi connectivity index (χ4n) is 2.50. The number of hydrogen-bond acceptors (Lipinski definition) is 5. The number of rotatable bonds is 6. The van der Waals surface area contributed by atoms with Crippen molar-refractivity contribution in [3.63, 3.8) is 0 Å². The number of aryl methyl sites for hydroxylation is 2. The van der Waals surface area contributed by atoms with Crippen molar-refractivity contribution in [1.29, 1.82) is 0 Å². The number of hydrogen-bond donors (Lipinski definition) is 0. The van der Waals surface area contributed by atoms with E-state index >= 15 is 0 Å². The smallest absolute Gasteiger partial charge is 0.277 e. The Morgan fingerprint density at radius 1 is 1.21 bits per heavy atom. The van der Waals surface area contributed by atoms with Gasteiger partial charge in [0.05, 0.1) is 5.75 Å². The number of carbonyl (C=O) groups is 1. The summed E-state index contributed by atoms with van der Waals surface area (Å²) in [7, 11) is 1.60. The average molecular weight is 420 g/mol. The summed E-state index contributed by atoms with van der Waals surface area (Å²) >= 11 is 7.16. The van der Waals surface area contributed by atoms with Gasteiger partial charge in [-0.15, -0.1) is 10.2 Å². The predicted octanol–water partition coefficient (Wildman–Crippen LogP) is 4.90. The van der Waals surface area contributed by atoms with Crippen LogP contribution in [0.4, 0.5) is 4.39 Å². The second-order valence-electron chi connectivity index (χ2n) is 6.41. The first kappa shape index (κ1) is 20.4. The lowest BCUT2D eigenvalue weighted by Gasteiger charge is -2.17. The fourth-order valence-corrected chi connectivity index (χ4v) is 3.43. The van der Waals surface area contributed by atoms with Gasteiger partial charge in [0.1, 0.15) is 5.82 Å². The van der Waals surface area contributed by atoms with Crippen molar-refractivity contribution in [2.75, 3.05) is 12.8 Å². The minimum Gasteiger partial charge on any atom is -0.411 e. The molecule has 0 bridgehead atoms. The Kier molecular flexibility index (Phi) is 6.36. The summed E-state index contributed by atoms with van der Waals surface area (Å²) < 4.78 is 19.5. The molecular formula is C20H19ClFN3O2S. The highest BCUT2D eigenvalue weighted by molar-refractivity contribution is 7.99. The summed E-state index contributed by atoms with van der Waals surface area (Å²) in [6.07, 6.45) is 0. The molecule has 146 valence electrons. The molecule has 5 nitrogen and oxygen atoms in total. The number of halogens is 2. The van der Waals surface area contributed by atoms with Gasteiger partial charge in [0, 0.05) is 29.7 Å². The van der Waals surface area contributed by atoms with Gasteiger partial charge < -0.3 is 9.32 Å². The molecule has 1 heterocycles. The quantitative estimate of drug-likeness (QED) is 0.532. The lowest BCUT2D eigenvalue weighted by molar-refractivity contribution is -0.127. The molecule has 0 radical (unpaired) electrons. The molecule has 1 aromatic heterocycles. The number of aromatic nitrogens is 2. The maximum absolute atomic E-state index is 13.9. The highest BCUT2D eigenvalue weighted by Gasteiger charge is 2.17. The molecule has 0 saturated heterocycles. The van der Waals surface area contributed by atoms with Crippen molar-refractivity contribution in [1.82, 2.24) is 15.1 Å². The van der Waals surface area contributed by atoms with E-state index in [0.29, 0.717) is 21.7 Å². The maximum atomic E-state index is 13.9. The van der Waals surface area contributed by atoms with Gasteiger partial charge in [0.15, 0.2) is 0 Å². The second-order valence-corrected chi connectivity index (χ2v) is 7.74. The largest absolute Gasteiger partial charge is 0.411 e. The highest BCUT2D eigenvalue weighted by atomic mass is 35.5. The third kappa shape index (κ3) is 4.72. The van der Waals surface area contributed by atoms with E-state index in [-0.39, 0.29) is 18.2 Å². The van der Waals surface area contributed by atoms with E-state index < -0.39 is 5.82 Å². The maximum Gasteiger partial charge on any atom is 0.277 e. The molecule has 0 aliphatic heterocycles. The number of carbonyl (C=O) groups excluding carboxylic acids is 1. The van der Waals surface area contributed by atoms with Crippen molar-refractivity contribution in [2.45, 2.75) is 25.6 Å². The van der Waals surface area contributed by atoms with Crippen molar-refractivity contribution in [3.8, 4) is 11.5 Å². The van der Waals surface area contributed by atoms with Gasteiger partial charge in [-0.1, -0.05) is 35.5 Å². The topological polar surface area (TPSA) is 59.2 Å². The van der Waals surface area contributed by atoms with Crippen LogP contribution in [0, 0.1) is 19.7 Å². The minimum absolute atomic E-state index is 0.0859. The van der Waals surface area contributed by atoms with Crippen LogP contribution in [-0.2, 0) is 11.3 Å². The van der Waals surface area contributed by atoms with Gasteiger partial charge in [-0.3, -0.25) is 4.79 Å². The summed E-state index contributed by atoms with van der Waals surface area (Å²) in [4.78, 5) is 13.8. The van der Waals surface area contributed by atoms with Gasteiger partial charge in [-0.25, -0.2) is 4.39 Å². The minimum atomic E-state index is -0.435. The van der Waals surface area contributed by atoms with Crippen LogP contribution in [0.5, 0.6) is 0 Å². The van der Waals surface area contributed by atoms with E-state index in [1.807, 2.05) is 32.0 Å². The molecule has 3 rings (SSSR count). The van der Waals surface area contributed by atoms with E-state index in [1.165, 1.54) is 22.6 Å². The van der Waals surface area contributed by atoms with E-state index in [4.69, 9.17) is 16.0 Å². The first-order chi connectivity index (χ1) is 13.3. The Bertz CT molecular complexity index is 989. The second kappa shape index (κ2) is 8.75. The Balaban J connectivity index is 1.60. The van der Waals surface area contributed by atoms with Gasteiger partial charge in [-0.05, 0) is 49.2 Å². The molecule has 2 aromatic carbocycles. The summed E-state index contributed by atoms with van der Waals surface area (Å²) in [5.41, 5.74) is 3.44. The number of thioether (sulfide) groups is 1. The summed E-state index contributed by atoms with van der Waals surface area (Å²) in [5.74, 6) is -0.133. The normalized spacial score (nSPS) is 10.9. The molecule has 0 saturated carbocycles. The van der Waals surface area contributed by atoms with Gasteiger partial charge in [0.2, 0.25) is 11.8 Å². The van der Waals surface area contributed by atoms with Crippen LogP contribution in [0.2, 0.25) is 5.02 Å². The molecule has 1 amide bonds. The first-order valence-corrected chi connectivity index (χ1v) is 9.92. The van der Waals surface area contributed by atoms with E-state index in [9.17, 15) is 9.18 Å². The zero-order chi connectivity index (χ0) is 20.3. The third-order valence-corrected chi connectivity index (χ3v) is 5.52. The standard InChI is InChI=1S/C20H19ClFN3O2S/c1-12-7-8-14(9-13(12)2)19-23-24-20(27-19)28-11-18(26)25(3)10-15-16(21)5-4-6-17(15)22/h4-9H,10-11H2,1-3H3. The molecule has 3 aromatic rings. The van der Waals surface area contributed by atoms with Crippen LogP contribution in [-0.4, -0.2) is 33.8 Å². The van der Waals surface area contributed by atoms with Gasteiger partial charge in [-0.2, -0.15) is 0 Å². The molecule has 0 N–H and O–H groups in total. The van der Waals surface area contributed by atoms with Crippen molar-refractivity contribution in [3.05, 3.63) is 63.9 Å². The Hall–Kier alpha value is -2.38. The van der Waals surface area contributed by atoms with Gasteiger partial charge >= 0.3 is 0 Å². The van der Waals surface area contributed by atoms with Crippen molar-refractivity contribution >= 4 is 29.3 Å². The zero-order valence-corrected chi connectivity index (χ0v) is 17.3. The van der Waals surface area contributed by atoms with E-state index in [0.717, 1.165) is 22.9 Å². The molecule has 0 atom stereocenters. The van der Waals surface area contributed by atoms with E-state index in [2.05, 4.69) is 10.2 Å². The number of nitrogens with zero attached hydrogens (tertiary/aromatic N) is 3. The van der Waals surface area contributed by atoms with Crippen LogP contribution < -0.4 is 0 Å². The first-order valence-electron chi connectivity index (χ1n) is 8.56. The molecule has 8 heteroatoms. The van der Waals surface area contributed by atoms with Crippen LogP contribution in [0.3, 0.4) is 0 Å². The fraction of sp³-hybridized carbons (Fsp3) is 0.250. The molecule has 0 spiro atoms. The Morgan fingerprint density at radius 3 is 2.71 bits per heavy atom. The zero-order valence-electron chi connectivity index (χ0n) is 15.7. The van der Waals surface area contributed by atoms with Crippen LogP contribution >= 0.6 is 23.4 Å². The van der Waals surface area contributed by atoms with Crippen molar-refractivity contribution < 1.29 is 13.6 Å². The Labute approximate surface area is 171 Å². The lowest BCUT2D eigenvalue weighted by atomic mass is 10.1. The SMILES string of the molecule is Cc1ccc(-c2nnc(SCC(=O)N(C)Cc3c(F)cccc3Cl)o2)cc1C. The van der Waals surface area contributed by atoms with Crippen LogP contribution in [0.1, 0.15) is 16.7 Å². The molecule has 0 unspecified atom stereocenters. The molecule has 0 fully saturated rings. The molecular weight excluding hydrogens is 401 g/mol. The summed E-state index contributed by atoms with van der Waals surface area (Å²) in [6, 6.07) is 10.3. The third-order valence-electron chi connectivity index (χ3n) is 4.36. The molecule has 0 aliphatic carbocycles. The Morgan fingerprint density at radius 2 is 2.00 bits per heavy atom.